The highest BCUT2D eigenvalue weighted by Crippen LogP contribution is 2.15. The van der Waals surface area contributed by atoms with Crippen LogP contribution in [0.3, 0.4) is 0 Å². The van der Waals surface area contributed by atoms with Crippen LogP contribution in [0.25, 0.3) is 0 Å². The van der Waals surface area contributed by atoms with Gasteiger partial charge in [-0.2, -0.15) is 0 Å². The highest BCUT2D eigenvalue weighted by Gasteiger charge is 2.28. The van der Waals surface area contributed by atoms with E-state index < -0.39 is 0 Å². The molecule has 0 saturated carbocycles. The summed E-state index contributed by atoms with van der Waals surface area (Å²) in [5.74, 6) is 1.36. The van der Waals surface area contributed by atoms with Crippen LogP contribution in [-0.4, -0.2) is 72.6 Å². The second-order valence-corrected chi connectivity index (χ2v) is 6.52. The molecule has 3 heterocycles. The SMILES string of the molecule is Cc1cc(NC(=O)CN2CCN(C(=O)C3CCCNC3)CC2)no1. The van der Waals surface area contributed by atoms with Crippen molar-refractivity contribution >= 4 is 17.6 Å². The Morgan fingerprint density at radius 1 is 1.38 bits per heavy atom. The van der Waals surface area contributed by atoms with Gasteiger partial charge >= 0.3 is 0 Å². The number of carbonyl (C=O) groups excluding carboxylic acids is 2. The molecule has 1 aromatic rings. The standard InChI is InChI=1S/C16H25N5O3/c1-12-9-14(19-24-12)18-15(22)11-20-5-7-21(8-6-20)16(23)13-3-2-4-17-10-13/h9,13,17H,2-8,10-11H2,1H3,(H,18,19,22). The molecule has 1 aromatic heterocycles. The third-order valence-electron chi connectivity index (χ3n) is 4.59. The average molecular weight is 335 g/mol. The largest absolute Gasteiger partial charge is 0.360 e. The minimum atomic E-state index is -0.112. The van der Waals surface area contributed by atoms with Crippen molar-refractivity contribution in [3.63, 3.8) is 0 Å². The highest BCUT2D eigenvalue weighted by atomic mass is 16.5. The van der Waals surface area contributed by atoms with Crippen LogP contribution in [0.1, 0.15) is 18.6 Å². The van der Waals surface area contributed by atoms with Gasteiger partial charge in [0.25, 0.3) is 0 Å². The van der Waals surface area contributed by atoms with E-state index >= 15 is 0 Å². The number of piperidine rings is 1. The summed E-state index contributed by atoms with van der Waals surface area (Å²) >= 11 is 0. The summed E-state index contributed by atoms with van der Waals surface area (Å²) in [6, 6.07) is 1.69. The topological polar surface area (TPSA) is 90.7 Å². The maximum absolute atomic E-state index is 12.5. The number of aryl methyl sites for hydroxylation is 1. The highest BCUT2D eigenvalue weighted by molar-refractivity contribution is 5.91. The van der Waals surface area contributed by atoms with Crippen LogP contribution in [0.15, 0.2) is 10.6 Å². The molecule has 1 unspecified atom stereocenters. The molecule has 3 rings (SSSR count). The first-order valence-electron chi connectivity index (χ1n) is 8.57. The number of amides is 2. The molecule has 24 heavy (non-hydrogen) atoms. The van der Waals surface area contributed by atoms with Crippen molar-refractivity contribution in [1.82, 2.24) is 20.3 Å². The number of aromatic nitrogens is 1. The summed E-state index contributed by atoms with van der Waals surface area (Å²) in [5.41, 5.74) is 0. The molecule has 132 valence electrons. The van der Waals surface area contributed by atoms with Gasteiger partial charge in [0.2, 0.25) is 11.8 Å². The molecule has 0 radical (unpaired) electrons. The molecule has 2 saturated heterocycles. The second kappa shape index (κ2) is 7.76. The van der Waals surface area contributed by atoms with Crippen LogP contribution in [-0.2, 0) is 9.59 Å². The Labute approximate surface area is 141 Å². The van der Waals surface area contributed by atoms with Gasteiger partial charge < -0.3 is 20.1 Å². The maximum Gasteiger partial charge on any atom is 0.239 e. The van der Waals surface area contributed by atoms with E-state index in [4.69, 9.17) is 4.52 Å². The van der Waals surface area contributed by atoms with Gasteiger partial charge in [-0.1, -0.05) is 5.16 Å². The number of nitrogens with one attached hydrogen (secondary N) is 2. The lowest BCUT2D eigenvalue weighted by atomic mass is 9.98. The number of hydrogen-bond acceptors (Lipinski definition) is 6. The molecule has 1 atom stereocenters. The molecule has 0 spiro atoms. The molecular formula is C16H25N5O3. The predicted octanol–water partition coefficient (Wildman–Crippen LogP) is 0.0653. The lowest BCUT2D eigenvalue weighted by molar-refractivity contribution is -0.138. The fourth-order valence-corrected chi connectivity index (χ4v) is 3.26. The molecule has 2 aliphatic rings. The first kappa shape index (κ1) is 16.9. The molecule has 8 heteroatoms. The molecule has 0 bridgehead atoms. The number of nitrogens with zero attached hydrogens (tertiary/aromatic N) is 3. The maximum atomic E-state index is 12.5. The van der Waals surface area contributed by atoms with E-state index in [1.165, 1.54) is 0 Å². The summed E-state index contributed by atoms with van der Waals surface area (Å²) in [6.07, 6.45) is 2.05. The van der Waals surface area contributed by atoms with Crippen molar-refractivity contribution in [3.05, 3.63) is 11.8 Å². The predicted molar refractivity (Wildman–Crippen MR) is 88.5 cm³/mol. The van der Waals surface area contributed by atoms with Crippen molar-refractivity contribution in [1.29, 1.82) is 0 Å². The van der Waals surface area contributed by atoms with Crippen molar-refractivity contribution in [2.45, 2.75) is 19.8 Å². The van der Waals surface area contributed by atoms with Gasteiger partial charge in [-0.05, 0) is 26.3 Å². The van der Waals surface area contributed by atoms with Crippen LogP contribution in [0.4, 0.5) is 5.82 Å². The Kier molecular flexibility index (Phi) is 5.47. The smallest absolute Gasteiger partial charge is 0.239 e. The van der Waals surface area contributed by atoms with Crippen molar-refractivity contribution in [2.24, 2.45) is 5.92 Å². The van der Waals surface area contributed by atoms with E-state index in [1.807, 2.05) is 4.90 Å². The normalized spacial score (nSPS) is 22.4. The van der Waals surface area contributed by atoms with Gasteiger partial charge in [0, 0.05) is 38.8 Å². The van der Waals surface area contributed by atoms with Gasteiger partial charge in [-0.25, -0.2) is 0 Å². The molecule has 2 fully saturated rings. The number of rotatable bonds is 4. The first-order chi connectivity index (χ1) is 11.6. The van der Waals surface area contributed by atoms with Gasteiger partial charge in [-0.3, -0.25) is 14.5 Å². The zero-order valence-corrected chi connectivity index (χ0v) is 14.1. The number of hydrogen-bond donors (Lipinski definition) is 2. The Morgan fingerprint density at radius 3 is 2.79 bits per heavy atom. The molecule has 2 N–H and O–H groups in total. The number of piperazine rings is 1. The Balaban J connectivity index is 1.41. The molecule has 2 amide bonds. The zero-order chi connectivity index (χ0) is 16.9. The quantitative estimate of drug-likeness (QED) is 0.809. The third-order valence-corrected chi connectivity index (χ3v) is 4.59. The molecule has 0 aliphatic carbocycles. The van der Waals surface area contributed by atoms with Crippen molar-refractivity contribution in [2.75, 3.05) is 51.1 Å². The Bertz CT molecular complexity index is 574. The fourth-order valence-electron chi connectivity index (χ4n) is 3.26. The second-order valence-electron chi connectivity index (χ2n) is 6.52. The summed E-state index contributed by atoms with van der Waals surface area (Å²) in [7, 11) is 0. The monoisotopic (exact) mass is 335 g/mol. The van der Waals surface area contributed by atoms with Gasteiger partial charge in [-0.15, -0.1) is 0 Å². The van der Waals surface area contributed by atoms with E-state index in [0.717, 1.165) is 39.0 Å². The van der Waals surface area contributed by atoms with Crippen molar-refractivity contribution in [3.8, 4) is 0 Å². The van der Waals surface area contributed by atoms with Gasteiger partial charge in [0.15, 0.2) is 5.82 Å². The van der Waals surface area contributed by atoms with E-state index in [0.29, 0.717) is 31.2 Å². The Morgan fingerprint density at radius 2 is 2.17 bits per heavy atom. The first-order valence-corrected chi connectivity index (χ1v) is 8.57. The lowest BCUT2D eigenvalue weighted by Gasteiger charge is -2.36. The molecule has 8 nitrogen and oxygen atoms in total. The zero-order valence-electron chi connectivity index (χ0n) is 14.1. The van der Waals surface area contributed by atoms with Crippen LogP contribution in [0.2, 0.25) is 0 Å². The molecule has 2 aliphatic heterocycles. The van der Waals surface area contributed by atoms with Crippen LogP contribution >= 0.6 is 0 Å². The van der Waals surface area contributed by atoms with Crippen LogP contribution < -0.4 is 10.6 Å². The minimum Gasteiger partial charge on any atom is -0.360 e. The van der Waals surface area contributed by atoms with E-state index in [2.05, 4.69) is 20.7 Å². The summed E-state index contributed by atoms with van der Waals surface area (Å²) < 4.78 is 4.93. The Hall–Kier alpha value is -1.93. The van der Waals surface area contributed by atoms with E-state index in [-0.39, 0.29) is 17.7 Å². The minimum absolute atomic E-state index is 0.112. The van der Waals surface area contributed by atoms with Crippen LogP contribution in [0, 0.1) is 12.8 Å². The summed E-state index contributed by atoms with van der Waals surface area (Å²) in [6.45, 7) is 6.70. The summed E-state index contributed by atoms with van der Waals surface area (Å²) in [4.78, 5) is 28.5. The average Bonchev–Trinajstić information content (AvgIpc) is 3.00. The number of carbonyl (C=O) groups is 2. The summed E-state index contributed by atoms with van der Waals surface area (Å²) in [5, 5.41) is 9.76. The molecular weight excluding hydrogens is 310 g/mol. The lowest BCUT2D eigenvalue weighted by Crippen LogP contribution is -2.53. The third kappa shape index (κ3) is 4.33. The number of anilines is 1. The van der Waals surface area contributed by atoms with E-state index in [1.54, 1.807) is 13.0 Å². The van der Waals surface area contributed by atoms with E-state index in [9.17, 15) is 9.59 Å². The van der Waals surface area contributed by atoms with Crippen LogP contribution in [0.5, 0.6) is 0 Å². The van der Waals surface area contributed by atoms with Gasteiger partial charge in [0.1, 0.15) is 5.76 Å². The fraction of sp³-hybridized carbons (Fsp3) is 0.688. The molecule has 0 aromatic carbocycles. The van der Waals surface area contributed by atoms with Crippen molar-refractivity contribution < 1.29 is 14.1 Å². The van der Waals surface area contributed by atoms with Gasteiger partial charge in [0.05, 0.1) is 12.5 Å².